The van der Waals surface area contributed by atoms with E-state index >= 15 is 0 Å². The molecule has 0 unspecified atom stereocenters. The van der Waals surface area contributed by atoms with E-state index in [0.29, 0.717) is 19.6 Å². The van der Waals surface area contributed by atoms with Crippen LogP contribution in [0, 0.1) is 13.8 Å². The third-order valence-electron chi connectivity index (χ3n) is 5.15. The van der Waals surface area contributed by atoms with Crippen molar-refractivity contribution in [1.29, 1.82) is 0 Å². The number of nitrogens with one attached hydrogen (secondary N) is 1. The number of benzene rings is 1. The molecule has 2 saturated heterocycles. The van der Waals surface area contributed by atoms with Crippen LogP contribution in [0.2, 0.25) is 0 Å². The zero-order valence-corrected chi connectivity index (χ0v) is 15.2. The summed E-state index contributed by atoms with van der Waals surface area (Å²) >= 11 is 0. The van der Waals surface area contributed by atoms with E-state index in [0.717, 1.165) is 16.7 Å². The molecule has 1 spiro atoms. The second-order valence-corrected chi connectivity index (χ2v) is 8.04. The van der Waals surface area contributed by atoms with Crippen molar-refractivity contribution in [2.45, 2.75) is 58.5 Å². The number of ether oxygens (including phenoxy) is 1. The molecular formula is C19H26N2O3. The Bertz CT molecular complexity index is 674. The summed E-state index contributed by atoms with van der Waals surface area (Å²) in [7, 11) is 0. The Morgan fingerprint density at radius 1 is 1.21 bits per heavy atom. The maximum atomic E-state index is 12.8. The van der Waals surface area contributed by atoms with Crippen LogP contribution < -0.4 is 5.32 Å². The molecule has 0 saturated carbocycles. The maximum absolute atomic E-state index is 12.8. The van der Waals surface area contributed by atoms with Gasteiger partial charge in [-0.05, 0) is 41.5 Å². The van der Waals surface area contributed by atoms with E-state index in [4.69, 9.17) is 4.74 Å². The molecule has 2 fully saturated rings. The lowest BCUT2D eigenvalue weighted by molar-refractivity contribution is -0.131. The fraction of sp³-hybridized carbons (Fsp3) is 0.579. The van der Waals surface area contributed by atoms with E-state index in [1.54, 1.807) is 0 Å². The summed E-state index contributed by atoms with van der Waals surface area (Å²) in [5.74, 6) is -0.163. The third-order valence-corrected chi connectivity index (χ3v) is 5.15. The first-order valence-electron chi connectivity index (χ1n) is 8.46. The minimum absolute atomic E-state index is 0.0696. The Morgan fingerprint density at radius 3 is 2.33 bits per heavy atom. The van der Waals surface area contributed by atoms with Gasteiger partial charge >= 0.3 is 6.03 Å². The molecule has 1 aromatic carbocycles. The highest BCUT2D eigenvalue weighted by Crippen LogP contribution is 2.31. The number of carbonyl (C=O) groups is 2. The minimum Gasteiger partial charge on any atom is -0.378 e. The summed E-state index contributed by atoms with van der Waals surface area (Å²) in [4.78, 5) is 26.4. The van der Waals surface area contributed by atoms with Crippen molar-refractivity contribution in [3.8, 4) is 0 Å². The van der Waals surface area contributed by atoms with Crippen molar-refractivity contribution < 1.29 is 14.3 Å². The van der Waals surface area contributed by atoms with Gasteiger partial charge in [0.05, 0.1) is 13.2 Å². The largest absolute Gasteiger partial charge is 0.378 e. The van der Waals surface area contributed by atoms with Crippen molar-refractivity contribution in [2.75, 3.05) is 13.2 Å². The molecule has 5 heteroatoms. The van der Waals surface area contributed by atoms with Crippen LogP contribution >= 0.6 is 0 Å². The zero-order chi connectivity index (χ0) is 17.7. The summed E-state index contributed by atoms with van der Waals surface area (Å²) in [6.45, 7) is 11.7. The molecule has 1 aromatic rings. The van der Waals surface area contributed by atoms with Crippen LogP contribution in [0.25, 0.3) is 0 Å². The van der Waals surface area contributed by atoms with Gasteiger partial charge in [0.2, 0.25) is 0 Å². The molecule has 5 nitrogen and oxygen atoms in total. The van der Waals surface area contributed by atoms with E-state index in [1.165, 1.54) is 10.5 Å². The Balaban J connectivity index is 1.89. The Labute approximate surface area is 143 Å². The molecule has 2 aliphatic heterocycles. The Kier molecular flexibility index (Phi) is 3.95. The van der Waals surface area contributed by atoms with Crippen LogP contribution in [0.1, 0.15) is 49.4 Å². The van der Waals surface area contributed by atoms with Crippen LogP contribution in [0.3, 0.4) is 0 Å². The van der Waals surface area contributed by atoms with Gasteiger partial charge in [-0.15, -0.1) is 0 Å². The van der Waals surface area contributed by atoms with E-state index < -0.39 is 5.54 Å². The fourth-order valence-corrected chi connectivity index (χ4v) is 3.49. The summed E-state index contributed by atoms with van der Waals surface area (Å²) in [6.07, 6.45) is 0.551. The van der Waals surface area contributed by atoms with E-state index in [2.05, 4.69) is 38.2 Å². The average molecular weight is 330 g/mol. The van der Waals surface area contributed by atoms with E-state index in [9.17, 15) is 9.59 Å². The van der Waals surface area contributed by atoms with Gasteiger partial charge in [0, 0.05) is 13.0 Å². The third kappa shape index (κ3) is 2.71. The Morgan fingerprint density at radius 2 is 1.83 bits per heavy atom. The van der Waals surface area contributed by atoms with Gasteiger partial charge < -0.3 is 10.1 Å². The van der Waals surface area contributed by atoms with Crippen LogP contribution in [0.15, 0.2) is 12.1 Å². The Hall–Kier alpha value is -1.88. The van der Waals surface area contributed by atoms with Crippen molar-refractivity contribution >= 4 is 11.9 Å². The molecule has 24 heavy (non-hydrogen) atoms. The SMILES string of the molecule is Cc1cc(C(C)(C)C)cc(C)c1CN1C(=O)N[C@]2(CCOC2)C1=O. The fourth-order valence-electron chi connectivity index (χ4n) is 3.49. The average Bonchev–Trinajstić information content (AvgIpc) is 3.02. The van der Waals surface area contributed by atoms with Gasteiger partial charge in [-0.3, -0.25) is 9.69 Å². The van der Waals surface area contributed by atoms with Gasteiger partial charge in [-0.1, -0.05) is 32.9 Å². The van der Waals surface area contributed by atoms with Gasteiger partial charge in [0.1, 0.15) is 5.54 Å². The first kappa shape index (κ1) is 17.0. The minimum atomic E-state index is -0.843. The molecule has 130 valence electrons. The van der Waals surface area contributed by atoms with E-state index in [-0.39, 0.29) is 24.0 Å². The molecule has 0 aliphatic carbocycles. The molecule has 1 N–H and O–H groups in total. The maximum Gasteiger partial charge on any atom is 0.325 e. The number of urea groups is 1. The highest BCUT2D eigenvalue weighted by atomic mass is 16.5. The second-order valence-electron chi connectivity index (χ2n) is 8.04. The number of aryl methyl sites for hydroxylation is 2. The first-order valence-corrected chi connectivity index (χ1v) is 8.46. The van der Waals surface area contributed by atoms with Crippen molar-refractivity contribution in [3.63, 3.8) is 0 Å². The lowest BCUT2D eigenvalue weighted by Crippen LogP contribution is -2.47. The molecule has 2 heterocycles. The number of hydrogen-bond acceptors (Lipinski definition) is 3. The molecule has 3 rings (SSSR count). The number of nitrogens with zero attached hydrogens (tertiary/aromatic N) is 1. The highest BCUT2D eigenvalue weighted by molar-refractivity contribution is 6.07. The monoisotopic (exact) mass is 330 g/mol. The quantitative estimate of drug-likeness (QED) is 0.848. The normalized spacial score (nSPS) is 24.1. The number of carbonyl (C=O) groups excluding carboxylic acids is 2. The summed E-state index contributed by atoms with van der Waals surface area (Å²) in [5.41, 5.74) is 3.76. The summed E-state index contributed by atoms with van der Waals surface area (Å²) in [6, 6.07) is 4.01. The van der Waals surface area contributed by atoms with Crippen molar-refractivity contribution in [1.82, 2.24) is 10.2 Å². The lowest BCUT2D eigenvalue weighted by Gasteiger charge is -2.24. The summed E-state index contributed by atoms with van der Waals surface area (Å²) < 4.78 is 5.34. The van der Waals surface area contributed by atoms with Crippen LogP contribution in [0.4, 0.5) is 4.79 Å². The predicted octanol–water partition coefficient (Wildman–Crippen LogP) is 2.81. The molecule has 2 aliphatic rings. The second kappa shape index (κ2) is 5.59. The van der Waals surface area contributed by atoms with Crippen LogP contribution in [-0.4, -0.2) is 35.6 Å². The topological polar surface area (TPSA) is 58.6 Å². The van der Waals surface area contributed by atoms with Crippen LogP contribution in [-0.2, 0) is 21.5 Å². The zero-order valence-electron chi connectivity index (χ0n) is 15.2. The smallest absolute Gasteiger partial charge is 0.325 e. The molecule has 1 atom stereocenters. The van der Waals surface area contributed by atoms with Gasteiger partial charge in [-0.25, -0.2) is 4.79 Å². The number of imide groups is 1. The number of rotatable bonds is 2. The lowest BCUT2D eigenvalue weighted by atomic mass is 9.83. The molecule has 0 radical (unpaired) electrons. The molecule has 0 bridgehead atoms. The molecule has 0 aromatic heterocycles. The van der Waals surface area contributed by atoms with Gasteiger partial charge in [0.15, 0.2) is 0 Å². The molecule has 3 amide bonds. The highest BCUT2D eigenvalue weighted by Gasteiger charge is 2.53. The van der Waals surface area contributed by atoms with Gasteiger partial charge in [0.25, 0.3) is 5.91 Å². The predicted molar refractivity (Wildman–Crippen MR) is 91.9 cm³/mol. The number of amides is 3. The van der Waals surface area contributed by atoms with Crippen molar-refractivity contribution in [3.05, 3.63) is 34.4 Å². The standard InChI is InChI=1S/C19H26N2O3/c1-12-8-14(18(3,4)5)9-13(2)15(12)10-21-16(22)19(20-17(21)23)6-7-24-11-19/h8-9H,6-7,10-11H2,1-5H3,(H,20,23)/t19-/m0/s1. The van der Waals surface area contributed by atoms with Crippen LogP contribution in [0.5, 0.6) is 0 Å². The summed E-state index contributed by atoms with van der Waals surface area (Å²) in [5, 5.41) is 2.84. The molecular weight excluding hydrogens is 304 g/mol. The van der Waals surface area contributed by atoms with Gasteiger partial charge in [-0.2, -0.15) is 0 Å². The van der Waals surface area contributed by atoms with E-state index in [1.807, 2.05) is 13.8 Å². The first-order chi connectivity index (χ1) is 11.1. The van der Waals surface area contributed by atoms with Crippen molar-refractivity contribution in [2.24, 2.45) is 0 Å². The number of hydrogen-bond donors (Lipinski definition) is 1.